The van der Waals surface area contributed by atoms with Crippen LogP contribution in [-0.2, 0) is 9.53 Å². The van der Waals surface area contributed by atoms with Crippen LogP contribution in [0, 0.1) is 0 Å². The first kappa shape index (κ1) is 16.2. The molecule has 0 saturated carbocycles. The highest BCUT2D eigenvalue weighted by Gasteiger charge is 2.28. The van der Waals surface area contributed by atoms with E-state index < -0.39 is 0 Å². The molecular formula is C19H23NO2. The summed E-state index contributed by atoms with van der Waals surface area (Å²) < 4.78 is 4.95. The summed E-state index contributed by atoms with van der Waals surface area (Å²) in [7, 11) is 0. The highest BCUT2D eigenvalue weighted by atomic mass is 16.5. The van der Waals surface area contributed by atoms with Crippen molar-refractivity contribution in [2.24, 2.45) is 0 Å². The van der Waals surface area contributed by atoms with Gasteiger partial charge in [0.1, 0.15) is 6.61 Å². The van der Waals surface area contributed by atoms with Gasteiger partial charge in [-0.25, -0.2) is 0 Å². The summed E-state index contributed by atoms with van der Waals surface area (Å²) in [6.07, 6.45) is 0. The molecule has 0 aromatic heterocycles. The third kappa shape index (κ3) is 3.55. The Kier molecular flexibility index (Phi) is 6.16. The zero-order chi connectivity index (χ0) is 15.8. The molecule has 0 radical (unpaired) electrons. The molecule has 1 aliphatic rings. The Morgan fingerprint density at radius 1 is 0.955 bits per heavy atom. The number of hydrogen-bond donors (Lipinski definition) is 1. The van der Waals surface area contributed by atoms with Crippen molar-refractivity contribution in [1.29, 1.82) is 0 Å². The second-order valence-electron chi connectivity index (χ2n) is 5.11. The first-order chi connectivity index (χ1) is 10.8. The van der Waals surface area contributed by atoms with Gasteiger partial charge in [-0.15, -0.1) is 0 Å². The summed E-state index contributed by atoms with van der Waals surface area (Å²) in [5, 5.41) is 3.11. The van der Waals surface area contributed by atoms with Gasteiger partial charge in [-0.2, -0.15) is 0 Å². The third-order valence-electron chi connectivity index (χ3n) is 3.79. The predicted molar refractivity (Wildman–Crippen MR) is 90.0 cm³/mol. The minimum absolute atomic E-state index is 0.174. The predicted octanol–water partition coefficient (Wildman–Crippen LogP) is 3.59. The average molecular weight is 297 g/mol. The Balaban J connectivity index is 0.000000309. The van der Waals surface area contributed by atoms with Gasteiger partial charge in [0.15, 0.2) is 0 Å². The summed E-state index contributed by atoms with van der Waals surface area (Å²) in [5.41, 5.74) is 5.00. The minimum Gasteiger partial charge on any atom is -0.467 e. The highest BCUT2D eigenvalue weighted by molar-refractivity contribution is 5.78. The van der Waals surface area contributed by atoms with E-state index in [4.69, 9.17) is 4.74 Å². The molecular weight excluding hydrogens is 274 g/mol. The van der Waals surface area contributed by atoms with Crippen molar-refractivity contribution in [3.63, 3.8) is 0 Å². The van der Waals surface area contributed by atoms with E-state index in [1.54, 1.807) is 0 Å². The van der Waals surface area contributed by atoms with E-state index in [-0.39, 0.29) is 5.92 Å². The summed E-state index contributed by atoms with van der Waals surface area (Å²) in [6.45, 7) is 7.32. The lowest BCUT2D eigenvalue weighted by Crippen LogP contribution is -2.09. The van der Waals surface area contributed by atoms with E-state index in [0.717, 1.165) is 13.1 Å². The second-order valence-corrected chi connectivity index (χ2v) is 5.11. The van der Waals surface area contributed by atoms with Crippen LogP contribution in [0.5, 0.6) is 0 Å². The maximum atomic E-state index is 10.4. The Bertz CT molecular complexity index is 562. The fraction of sp³-hybridized carbons (Fsp3) is 0.316. The maximum Gasteiger partial charge on any atom is 0.293 e. The van der Waals surface area contributed by atoms with Crippen LogP contribution in [0.4, 0.5) is 0 Å². The number of carbonyl (C=O) groups excluding carboxylic acids is 1. The summed E-state index contributed by atoms with van der Waals surface area (Å²) >= 11 is 0. The van der Waals surface area contributed by atoms with Gasteiger partial charge in [-0.3, -0.25) is 4.79 Å². The minimum atomic E-state index is 0.174. The molecule has 0 unspecified atom stereocenters. The standard InChI is InChI=1S/C15H12O2.C4H11N/c16-10-17-9-15-13-7-3-1-5-11(13)12-6-2-4-8-14(12)15;1-3-5-4-2/h1-8,10,15H,9H2;5H,3-4H2,1-2H3. The quantitative estimate of drug-likeness (QED) is 0.857. The van der Waals surface area contributed by atoms with Crippen molar-refractivity contribution in [2.45, 2.75) is 19.8 Å². The number of fused-ring (bicyclic) bond motifs is 3. The normalized spacial score (nSPS) is 11.9. The molecule has 1 aliphatic carbocycles. The first-order valence-electron chi connectivity index (χ1n) is 7.77. The van der Waals surface area contributed by atoms with E-state index in [1.807, 2.05) is 24.3 Å². The SMILES string of the molecule is CCNCC.O=COCC1c2ccccc2-c2ccccc21. The lowest BCUT2D eigenvalue weighted by atomic mass is 9.98. The van der Waals surface area contributed by atoms with Crippen LogP contribution < -0.4 is 5.32 Å². The molecule has 2 aromatic carbocycles. The highest BCUT2D eigenvalue weighted by Crippen LogP contribution is 2.44. The van der Waals surface area contributed by atoms with Crippen molar-refractivity contribution < 1.29 is 9.53 Å². The molecule has 0 heterocycles. The van der Waals surface area contributed by atoms with E-state index >= 15 is 0 Å². The number of rotatable bonds is 5. The molecule has 1 N–H and O–H groups in total. The summed E-state index contributed by atoms with van der Waals surface area (Å²) in [4.78, 5) is 10.4. The number of benzene rings is 2. The molecule has 2 aromatic rings. The van der Waals surface area contributed by atoms with Gasteiger partial charge in [-0.05, 0) is 35.3 Å². The van der Waals surface area contributed by atoms with Crippen LogP contribution >= 0.6 is 0 Å². The topological polar surface area (TPSA) is 38.3 Å². The molecule has 3 rings (SSSR count). The smallest absolute Gasteiger partial charge is 0.293 e. The number of hydrogen-bond acceptors (Lipinski definition) is 3. The van der Waals surface area contributed by atoms with Crippen LogP contribution in [0.2, 0.25) is 0 Å². The second kappa shape index (κ2) is 8.35. The fourth-order valence-electron chi connectivity index (χ4n) is 2.82. The molecule has 116 valence electrons. The van der Waals surface area contributed by atoms with Gasteiger partial charge >= 0.3 is 0 Å². The van der Waals surface area contributed by atoms with Crippen LogP contribution in [-0.4, -0.2) is 26.2 Å². The number of carbonyl (C=O) groups is 1. The Morgan fingerprint density at radius 3 is 1.86 bits per heavy atom. The maximum absolute atomic E-state index is 10.4. The van der Waals surface area contributed by atoms with E-state index in [1.165, 1.54) is 22.3 Å². The van der Waals surface area contributed by atoms with Crippen molar-refractivity contribution in [2.75, 3.05) is 19.7 Å². The van der Waals surface area contributed by atoms with Crippen LogP contribution in [0.15, 0.2) is 48.5 Å². The Hall–Kier alpha value is -2.13. The lowest BCUT2D eigenvalue weighted by Gasteiger charge is -2.11. The zero-order valence-electron chi connectivity index (χ0n) is 13.2. The Morgan fingerprint density at radius 2 is 1.45 bits per heavy atom. The molecule has 3 heteroatoms. The van der Waals surface area contributed by atoms with Gasteiger partial charge in [0.25, 0.3) is 6.47 Å². The Labute approximate surface area is 132 Å². The van der Waals surface area contributed by atoms with Crippen molar-refractivity contribution >= 4 is 6.47 Å². The number of ether oxygens (including phenoxy) is 1. The molecule has 0 saturated heterocycles. The number of nitrogens with one attached hydrogen (secondary N) is 1. The van der Waals surface area contributed by atoms with Crippen LogP contribution in [0.25, 0.3) is 11.1 Å². The van der Waals surface area contributed by atoms with Gasteiger partial charge in [0, 0.05) is 5.92 Å². The van der Waals surface area contributed by atoms with Gasteiger partial charge in [0.2, 0.25) is 0 Å². The molecule has 0 fully saturated rings. The van der Waals surface area contributed by atoms with Gasteiger partial charge in [-0.1, -0.05) is 62.4 Å². The summed E-state index contributed by atoms with van der Waals surface area (Å²) in [6, 6.07) is 16.6. The first-order valence-corrected chi connectivity index (χ1v) is 7.77. The molecule has 0 aliphatic heterocycles. The van der Waals surface area contributed by atoms with Gasteiger partial charge < -0.3 is 10.1 Å². The molecule has 0 amide bonds. The van der Waals surface area contributed by atoms with Crippen molar-refractivity contribution in [3.8, 4) is 11.1 Å². The van der Waals surface area contributed by atoms with Gasteiger partial charge in [0.05, 0.1) is 0 Å². The zero-order valence-corrected chi connectivity index (χ0v) is 13.2. The molecule has 0 spiro atoms. The van der Waals surface area contributed by atoms with E-state index in [0.29, 0.717) is 13.1 Å². The van der Waals surface area contributed by atoms with E-state index in [2.05, 4.69) is 43.4 Å². The molecule has 22 heavy (non-hydrogen) atoms. The average Bonchev–Trinajstić information content (AvgIpc) is 2.88. The molecule has 0 bridgehead atoms. The lowest BCUT2D eigenvalue weighted by molar-refractivity contribution is -0.128. The fourth-order valence-corrected chi connectivity index (χ4v) is 2.82. The van der Waals surface area contributed by atoms with Crippen molar-refractivity contribution in [3.05, 3.63) is 59.7 Å². The molecule has 0 atom stereocenters. The summed E-state index contributed by atoms with van der Waals surface area (Å²) in [5.74, 6) is 0.174. The van der Waals surface area contributed by atoms with Crippen LogP contribution in [0.3, 0.4) is 0 Å². The van der Waals surface area contributed by atoms with Crippen LogP contribution in [0.1, 0.15) is 30.9 Å². The monoisotopic (exact) mass is 297 g/mol. The van der Waals surface area contributed by atoms with Crippen molar-refractivity contribution in [1.82, 2.24) is 5.32 Å². The molecule has 3 nitrogen and oxygen atoms in total. The van der Waals surface area contributed by atoms with E-state index in [9.17, 15) is 4.79 Å². The largest absolute Gasteiger partial charge is 0.467 e. The third-order valence-corrected chi connectivity index (χ3v) is 3.79.